The van der Waals surface area contributed by atoms with Crippen molar-refractivity contribution in [2.24, 2.45) is 5.10 Å². The largest absolute Gasteiger partial charge is 0.469 e. The van der Waals surface area contributed by atoms with Gasteiger partial charge in [0.05, 0.1) is 17.5 Å². The molecule has 1 heterocycles. The number of furan rings is 1. The van der Waals surface area contributed by atoms with Gasteiger partial charge in [-0.3, -0.25) is 4.79 Å². The Bertz CT molecular complexity index is 678. The van der Waals surface area contributed by atoms with E-state index in [2.05, 4.69) is 10.5 Å². The minimum Gasteiger partial charge on any atom is -0.469 e. The van der Waals surface area contributed by atoms with Gasteiger partial charge in [-0.15, -0.1) is 0 Å². The quantitative estimate of drug-likeness (QED) is 0.693. The van der Waals surface area contributed by atoms with Crippen molar-refractivity contribution in [1.29, 1.82) is 0 Å². The highest BCUT2D eigenvalue weighted by molar-refractivity contribution is 6.01. The van der Waals surface area contributed by atoms with Gasteiger partial charge in [-0.25, -0.2) is 14.2 Å². The molecule has 20 heavy (non-hydrogen) atoms. The molecule has 0 fully saturated rings. The first kappa shape index (κ1) is 13.9. The van der Waals surface area contributed by atoms with Gasteiger partial charge in [0, 0.05) is 5.56 Å². The van der Waals surface area contributed by atoms with Gasteiger partial charge in [0.15, 0.2) is 11.6 Å². The summed E-state index contributed by atoms with van der Waals surface area (Å²) < 4.78 is 30.9. The van der Waals surface area contributed by atoms with Crippen molar-refractivity contribution >= 4 is 11.6 Å². The zero-order valence-electron chi connectivity index (χ0n) is 10.9. The number of carbonyl (C=O) groups is 1. The summed E-state index contributed by atoms with van der Waals surface area (Å²) >= 11 is 0. The molecule has 0 atom stereocenters. The van der Waals surface area contributed by atoms with Crippen LogP contribution in [0.4, 0.5) is 8.78 Å². The molecule has 2 aromatic rings. The molecule has 0 saturated carbocycles. The number of benzene rings is 1. The predicted molar refractivity (Wildman–Crippen MR) is 69.5 cm³/mol. The van der Waals surface area contributed by atoms with Crippen LogP contribution in [-0.4, -0.2) is 11.6 Å². The number of rotatable bonds is 3. The number of carbonyl (C=O) groups excluding carboxylic acids is 1. The van der Waals surface area contributed by atoms with Crippen LogP contribution < -0.4 is 5.43 Å². The van der Waals surface area contributed by atoms with Crippen LogP contribution in [0.1, 0.15) is 28.6 Å². The summed E-state index contributed by atoms with van der Waals surface area (Å²) in [4.78, 5) is 11.8. The summed E-state index contributed by atoms with van der Waals surface area (Å²) in [6.45, 7) is 3.23. The molecule has 104 valence electrons. The number of amides is 1. The van der Waals surface area contributed by atoms with Crippen LogP contribution in [0.15, 0.2) is 40.0 Å². The van der Waals surface area contributed by atoms with Crippen molar-refractivity contribution in [2.75, 3.05) is 0 Å². The van der Waals surface area contributed by atoms with E-state index in [1.807, 2.05) is 0 Å². The SMILES string of the molecule is C/C(=N/NC(=O)c1ccoc1C)c1ccc(F)c(F)c1. The molecule has 2 rings (SSSR count). The van der Waals surface area contributed by atoms with Gasteiger partial charge in [-0.2, -0.15) is 5.10 Å². The fourth-order valence-electron chi connectivity index (χ4n) is 1.60. The Labute approximate surface area is 114 Å². The van der Waals surface area contributed by atoms with Crippen LogP contribution in [0.2, 0.25) is 0 Å². The summed E-state index contributed by atoms with van der Waals surface area (Å²) in [7, 11) is 0. The lowest BCUT2D eigenvalue weighted by Gasteiger charge is -2.03. The van der Waals surface area contributed by atoms with E-state index in [-0.39, 0.29) is 0 Å². The van der Waals surface area contributed by atoms with Gasteiger partial charge in [-0.1, -0.05) is 0 Å². The zero-order valence-corrected chi connectivity index (χ0v) is 10.9. The summed E-state index contributed by atoms with van der Waals surface area (Å²) in [6.07, 6.45) is 1.40. The molecule has 0 bridgehead atoms. The smallest absolute Gasteiger partial charge is 0.274 e. The van der Waals surface area contributed by atoms with Crippen LogP contribution in [0.3, 0.4) is 0 Å². The maximum absolute atomic E-state index is 13.1. The summed E-state index contributed by atoms with van der Waals surface area (Å²) in [5.74, 6) is -1.85. The predicted octanol–water partition coefficient (Wildman–Crippen LogP) is 3.02. The van der Waals surface area contributed by atoms with Crippen LogP contribution in [0, 0.1) is 18.6 Å². The topological polar surface area (TPSA) is 54.6 Å². The molecule has 0 radical (unpaired) electrons. The van der Waals surface area contributed by atoms with E-state index in [1.54, 1.807) is 13.8 Å². The molecule has 0 unspecified atom stereocenters. The van der Waals surface area contributed by atoms with E-state index >= 15 is 0 Å². The molecule has 0 aliphatic carbocycles. The van der Waals surface area contributed by atoms with E-state index < -0.39 is 17.5 Å². The van der Waals surface area contributed by atoms with Crippen molar-refractivity contribution in [3.05, 3.63) is 59.1 Å². The Balaban J connectivity index is 2.13. The number of nitrogens with one attached hydrogen (secondary N) is 1. The number of aryl methyl sites for hydroxylation is 1. The summed E-state index contributed by atoms with van der Waals surface area (Å²) in [6, 6.07) is 4.93. The maximum atomic E-state index is 13.1. The fraction of sp³-hybridized carbons (Fsp3) is 0.143. The highest BCUT2D eigenvalue weighted by Crippen LogP contribution is 2.10. The van der Waals surface area contributed by atoms with E-state index in [0.29, 0.717) is 22.6 Å². The third kappa shape index (κ3) is 2.90. The molecule has 0 aliphatic heterocycles. The van der Waals surface area contributed by atoms with Gasteiger partial charge in [0.1, 0.15) is 5.76 Å². The summed E-state index contributed by atoms with van der Waals surface area (Å²) in [5, 5.41) is 3.85. The minimum absolute atomic E-state index is 0.360. The first-order valence-corrected chi connectivity index (χ1v) is 5.83. The lowest BCUT2D eigenvalue weighted by Crippen LogP contribution is -2.19. The van der Waals surface area contributed by atoms with Crippen molar-refractivity contribution in [1.82, 2.24) is 5.43 Å². The van der Waals surface area contributed by atoms with Crippen molar-refractivity contribution in [3.8, 4) is 0 Å². The third-order valence-electron chi connectivity index (χ3n) is 2.77. The highest BCUT2D eigenvalue weighted by atomic mass is 19.2. The molecule has 1 N–H and O–H groups in total. The lowest BCUT2D eigenvalue weighted by atomic mass is 10.1. The van der Waals surface area contributed by atoms with Gasteiger partial charge >= 0.3 is 0 Å². The number of halogens is 2. The zero-order chi connectivity index (χ0) is 14.7. The second-order valence-corrected chi connectivity index (χ2v) is 4.16. The van der Waals surface area contributed by atoms with Crippen molar-refractivity contribution in [2.45, 2.75) is 13.8 Å². The van der Waals surface area contributed by atoms with Crippen LogP contribution in [-0.2, 0) is 0 Å². The number of hydrogen-bond acceptors (Lipinski definition) is 3. The molecule has 1 aromatic carbocycles. The molecule has 1 aromatic heterocycles. The number of nitrogens with zero attached hydrogens (tertiary/aromatic N) is 1. The van der Waals surface area contributed by atoms with Crippen molar-refractivity contribution in [3.63, 3.8) is 0 Å². The van der Waals surface area contributed by atoms with E-state index in [0.717, 1.165) is 12.1 Å². The van der Waals surface area contributed by atoms with E-state index in [1.165, 1.54) is 18.4 Å². The fourth-order valence-corrected chi connectivity index (χ4v) is 1.60. The average Bonchev–Trinajstić information content (AvgIpc) is 2.85. The van der Waals surface area contributed by atoms with Gasteiger partial charge in [0.2, 0.25) is 0 Å². The number of hydrogen-bond donors (Lipinski definition) is 1. The minimum atomic E-state index is -0.964. The molecule has 0 aliphatic rings. The molecule has 1 amide bonds. The van der Waals surface area contributed by atoms with Crippen LogP contribution in [0.25, 0.3) is 0 Å². The monoisotopic (exact) mass is 278 g/mol. The molecular weight excluding hydrogens is 266 g/mol. The van der Waals surface area contributed by atoms with E-state index in [4.69, 9.17) is 4.42 Å². The van der Waals surface area contributed by atoms with Gasteiger partial charge in [0.25, 0.3) is 5.91 Å². The van der Waals surface area contributed by atoms with Crippen molar-refractivity contribution < 1.29 is 18.0 Å². The molecule has 4 nitrogen and oxygen atoms in total. The first-order valence-electron chi connectivity index (χ1n) is 5.83. The maximum Gasteiger partial charge on any atom is 0.274 e. The van der Waals surface area contributed by atoms with Gasteiger partial charge in [-0.05, 0) is 38.1 Å². The standard InChI is InChI=1S/C14H12F2N2O2/c1-8(10-3-4-12(15)13(16)7-10)17-18-14(19)11-5-6-20-9(11)2/h3-7H,1-2H3,(H,18,19)/b17-8-. The second-order valence-electron chi connectivity index (χ2n) is 4.16. The molecule has 0 saturated heterocycles. The Morgan fingerprint density at radius 1 is 1.25 bits per heavy atom. The van der Waals surface area contributed by atoms with Crippen LogP contribution in [0.5, 0.6) is 0 Å². The highest BCUT2D eigenvalue weighted by Gasteiger charge is 2.11. The second kappa shape index (κ2) is 5.64. The van der Waals surface area contributed by atoms with Crippen LogP contribution >= 0.6 is 0 Å². The summed E-state index contributed by atoms with van der Waals surface area (Å²) in [5.41, 5.74) is 3.44. The third-order valence-corrected chi connectivity index (χ3v) is 2.77. The Morgan fingerprint density at radius 2 is 2.00 bits per heavy atom. The number of hydrazone groups is 1. The Kier molecular flexibility index (Phi) is 3.93. The van der Waals surface area contributed by atoms with E-state index in [9.17, 15) is 13.6 Å². The Morgan fingerprint density at radius 3 is 2.60 bits per heavy atom. The molecule has 6 heteroatoms. The lowest BCUT2D eigenvalue weighted by molar-refractivity contribution is 0.0953. The Hall–Kier alpha value is -2.50. The first-order chi connectivity index (χ1) is 9.49. The molecular formula is C14H12F2N2O2. The van der Waals surface area contributed by atoms with Gasteiger partial charge < -0.3 is 4.42 Å². The average molecular weight is 278 g/mol. The molecule has 0 spiro atoms. The normalized spacial score (nSPS) is 11.5.